The summed E-state index contributed by atoms with van der Waals surface area (Å²) in [5, 5.41) is 0. The first-order valence-corrected chi connectivity index (χ1v) is 6.75. The van der Waals surface area contributed by atoms with E-state index >= 15 is 0 Å². The highest BCUT2D eigenvalue weighted by Gasteiger charge is 2.29. The lowest BCUT2D eigenvalue weighted by atomic mass is 9.78. The fourth-order valence-corrected chi connectivity index (χ4v) is 2.34. The van der Waals surface area contributed by atoms with Gasteiger partial charge in [-0.15, -0.1) is 0 Å². The van der Waals surface area contributed by atoms with Crippen LogP contribution in [0, 0.1) is 12.8 Å². The second-order valence-corrected chi connectivity index (χ2v) is 6.05. The molecule has 2 N–H and O–H groups in total. The van der Waals surface area contributed by atoms with Crippen LogP contribution in [0.15, 0.2) is 18.2 Å². The van der Waals surface area contributed by atoms with Crippen molar-refractivity contribution in [3.63, 3.8) is 0 Å². The number of aryl methyl sites for hydroxylation is 1. The third-order valence-electron chi connectivity index (χ3n) is 3.21. The molecular formula is C16H23NO3. The number of primary amides is 1. The van der Waals surface area contributed by atoms with Gasteiger partial charge in [-0.25, -0.2) is 0 Å². The minimum atomic E-state index is -0.482. The van der Waals surface area contributed by atoms with Gasteiger partial charge in [0, 0.05) is 17.4 Å². The predicted octanol–water partition coefficient (Wildman–Crippen LogP) is 2.71. The zero-order valence-electron chi connectivity index (χ0n) is 12.8. The van der Waals surface area contributed by atoms with Gasteiger partial charge < -0.3 is 10.5 Å². The first kappa shape index (κ1) is 16.2. The summed E-state index contributed by atoms with van der Waals surface area (Å²) in [6, 6.07) is 5.53. The quantitative estimate of drug-likeness (QED) is 0.664. The van der Waals surface area contributed by atoms with Crippen molar-refractivity contribution in [2.75, 3.05) is 0 Å². The molecule has 0 fully saturated rings. The molecule has 0 saturated heterocycles. The first-order valence-electron chi connectivity index (χ1n) is 6.75. The number of hydrogen-bond acceptors (Lipinski definition) is 3. The predicted molar refractivity (Wildman–Crippen MR) is 78.5 cm³/mol. The molecule has 0 radical (unpaired) electrons. The van der Waals surface area contributed by atoms with Crippen LogP contribution in [0.5, 0.6) is 5.75 Å². The highest BCUT2D eigenvalue weighted by atomic mass is 16.5. The number of esters is 1. The molecule has 0 heterocycles. The molecule has 0 aliphatic heterocycles. The van der Waals surface area contributed by atoms with E-state index in [1.54, 1.807) is 19.9 Å². The van der Waals surface area contributed by atoms with Crippen molar-refractivity contribution in [2.24, 2.45) is 11.7 Å². The minimum Gasteiger partial charge on any atom is -0.426 e. The fraction of sp³-hybridized carbons (Fsp3) is 0.500. The Hall–Kier alpha value is -1.84. The lowest BCUT2D eigenvalue weighted by molar-refractivity contribution is -0.137. The zero-order chi connectivity index (χ0) is 15.5. The number of benzene rings is 1. The van der Waals surface area contributed by atoms with Crippen LogP contribution >= 0.6 is 0 Å². The average Bonchev–Trinajstić information content (AvgIpc) is 2.26. The summed E-state index contributed by atoms with van der Waals surface area (Å²) in [5.41, 5.74) is 6.67. The maximum absolute atomic E-state index is 11.8. The number of carbonyl (C=O) groups is 2. The van der Waals surface area contributed by atoms with Crippen LogP contribution in [-0.2, 0) is 15.0 Å². The molecule has 4 heteroatoms. The van der Waals surface area contributed by atoms with Crippen molar-refractivity contribution >= 4 is 11.9 Å². The molecule has 0 saturated carbocycles. The summed E-state index contributed by atoms with van der Waals surface area (Å²) in [5.74, 6) is -0.358. The Bertz CT molecular complexity index is 518. The van der Waals surface area contributed by atoms with Crippen LogP contribution < -0.4 is 10.5 Å². The summed E-state index contributed by atoms with van der Waals surface area (Å²) < 4.78 is 5.46. The van der Waals surface area contributed by atoms with E-state index in [0.717, 1.165) is 11.1 Å². The summed E-state index contributed by atoms with van der Waals surface area (Å²) >= 11 is 0. The van der Waals surface area contributed by atoms with Gasteiger partial charge in [-0.1, -0.05) is 39.8 Å². The molecule has 4 nitrogen and oxygen atoms in total. The largest absolute Gasteiger partial charge is 0.426 e. The fourth-order valence-electron chi connectivity index (χ4n) is 2.34. The molecule has 0 aliphatic carbocycles. The topological polar surface area (TPSA) is 69.4 Å². The van der Waals surface area contributed by atoms with Crippen LogP contribution in [0.1, 0.15) is 45.2 Å². The Labute approximate surface area is 120 Å². The number of ether oxygens (including phenoxy) is 1. The molecule has 0 aliphatic rings. The van der Waals surface area contributed by atoms with E-state index in [1.165, 1.54) is 0 Å². The molecular weight excluding hydrogens is 254 g/mol. The third kappa shape index (κ3) is 3.83. The van der Waals surface area contributed by atoms with Gasteiger partial charge in [-0.2, -0.15) is 0 Å². The Kier molecular flexibility index (Phi) is 4.93. The van der Waals surface area contributed by atoms with Crippen molar-refractivity contribution in [2.45, 2.75) is 46.5 Å². The maximum atomic E-state index is 11.8. The molecule has 0 aromatic heterocycles. The van der Waals surface area contributed by atoms with E-state index in [0.29, 0.717) is 5.75 Å². The standard InChI is InChI=1S/C16H23NO3/c1-10(2)15(19)20-12-8-6-7-11(3)14(12)16(4,5)9-13(17)18/h6-8,10H,9H2,1-5H3,(H2,17,18). The molecule has 0 bridgehead atoms. The van der Waals surface area contributed by atoms with Gasteiger partial charge in [0.1, 0.15) is 5.75 Å². The molecule has 0 spiro atoms. The monoisotopic (exact) mass is 277 g/mol. The molecule has 1 aromatic rings. The van der Waals surface area contributed by atoms with Crippen molar-refractivity contribution < 1.29 is 14.3 Å². The molecule has 110 valence electrons. The van der Waals surface area contributed by atoms with Crippen LogP contribution in [0.25, 0.3) is 0 Å². The number of carbonyl (C=O) groups excluding carboxylic acids is 2. The van der Waals surface area contributed by atoms with E-state index in [4.69, 9.17) is 10.5 Å². The van der Waals surface area contributed by atoms with Gasteiger partial charge >= 0.3 is 5.97 Å². The summed E-state index contributed by atoms with van der Waals surface area (Å²) in [7, 11) is 0. The van der Waals surface area contributed by atoms with Gasteiger partial charge in [0.2, 0.25) is 5.91 Å². The Morgan fingerprint density at radius 3 is 2.40 bits per heavy atom. The molecule has 1 amide bonds. The summed E-state index contributed by atoms with van der Waals surface area (Å²) in [6.45, 7) is 9.35. The van der Waals surface area contributed by atoms with Crippen LogP contribution in [0.2, 0.25) is 0 Å². The summed E-state index contributed by atoms with van der Waals surface area (Å²) in [4.78, 5) is 23.1. The van der Waals surface area contributed by atoms with Crippen molar-refractivity contribution in [3.05, 3.63) is 29.3 Å². The molecule has 1 aromatic carbocycles. The van der Waals surface area contributed by atoms with E-state index in [9.17, 15) is 9.59 Å². The van der Waals surface area contributed by atoms with E-state index in [1.807, 2.05) is 32.9 Å². The average molecular weight is 277 g/mol. The SMILES string of the molecule is Cc1cccc(OC(=O)C(C)C)c1C(C)(C)CC(N)=O. The van der Waals surface area contributed by atoms with E-state index in [2.05, 4.69) is 0 Å². The van der Waals surface area contributed by atoms with Crippen LogP contribution in [-0.4, -0.2) is 11.9 Å². The Balaban J connectivity index is 3.24. The Morgan fingerprint density at radius 2 is 1.90 bits per heavy atom. The van der Waals surface area contributed by atoms with Gasteiger partial charge in [-0.3, -0.25) is 9.59 Å². The minimum absolute atomic E-state index is 0.198. The van der Waals surface area contributed by atoms with Crippen LogP contribution in [0.3, 0.4) is 0 Å². The number of hydrogen-bond donors (Lipinski definition) is 1. The maximum Gasteiger partial charge on any atom is 0.313 e. The zero-order valence-corrected chi connectivity index (χ0v) is 12.8. The van der Waals surface area contributed by atoms with E-state index in [-0.39, 0.29) is 24.2 Å². The third-order valence-corrected chi connectivity index (χ3v) is 3.21. The normalized spacial score (nSPS) is 11.5. The highest BCUT2D eigenvalue weighted by Crippen LogP contribution is 2.37. The second kappa shape index (κ2) is 6.07. The van der Waals surface area contributed by atoms with Crippen LogP contribution in [0.4, 0.5) is 0 Å². The second-order valence-electron chi connectivity index (χ2n) is 6.05. The van der Waals surface area contributed by atoms with Gasteiger partial charge in [0.25, 0.3) is 0 Å². The van der Waals surface area contributed by atoms with E-state index < -0.39 is 5.41 Å². The molecule has 0 unspecified atom stereocenters. The van der Waals surface area contributed by atoms with Crippen molar-refractivity contribution in [3.8, 4) is 5.75 Å². The lowest BCUT2D eigenvalue weighted by Gasteiger charge is -2.28. The summed E-state index contributed by atoms with van der Waals surface area (Å²) in [6.07, 6.45) is 0.198. The molecule has 20 heavy (non-hydrogen) atoms. The van der Waals surface area contributed by atoms with Gasteiger partial charge in [0.15, 0.2) is 0 Å². The number of amides is 1. The smallest absolute Gasteiger partial charge is 0.313 e. The molecule has 1 rings (SSSR count). The number of nitrogens with two attached hydrogens (primary N) is 1. The van der Waals surface area contributed by atoms with Crippen molar-refractivity contribution in [1.82, 2.24) is 0 Å². The Morgan fingerprint density at radius 1 is 1.30 bits per heavy atom. The number of rotatable bonds is 5. The van der Waals surface area contributed by atoms with Crippen molar-refractivity contribution in [1.29, 1.82) is 0 Å². The van der Waals surface area contributed by atoms with Gasteiger partial charge in [0.05, 0.1) is 5.92 Å². The highest BCUT2D eigenvalue weighted by molar-refractivity contribution is 5.77. The lowest BCUT2D eigenvalue weighted by Crippen LogP contribution is -2.28. The van der Waals surface area contributed by atoms with Gasteiger partial charge in [-0.05, 0) is 18.6 Å². The first-order chi connectivity index (χ1) is 9.15. The molecule has 0 atom stereocenters.